The molecule has 0 saturated carbocycles. The van der Waals surface area contributed by atoms with Gasteiger partial charge in [-0.2, -0.15) is 0 Å². The highest BCUT2D eigenvalue weighted by molar-refractivity contribution is 7.93. The minimum atomic E-state index is -3.62. The van der Waals surface area contributed by atoms with Crippen LogP contribution in [0.15, 0.2) is 40.6 Å². The van der Waals surface area contributed by atoms with Crippen molar-refractivity contribution in [3.8, 4) is 0 Å². The van der Waals surface area contributed by atoms with E-state index in [4.69, 9.17) is 0 Å². The Morgan fingerprint density at radius 1 is 1.21 bits per heavy atom. The topological polar surface area (TPSA) is 79.4 Å². The number of aromatic nitrogens is 1. The predicted molar refractivity (Wildman–Crippen MR) is 93.5 cm³/mol. The summed E-state index contributed by atoms with van der Waals surface area (Å²) < 4.78 is 27.0. The highest BCUT2D eigenvalue weighted by Gasteiger charge is 2.19. The normalized spacial score (nSPS) is 14.8. The Morgan fingerprint density at radius 2 is 1.92 bits per heavy atom. The van der Waals surface area contributed by atoms with E-state index >= 15 is 0 Å². The Bertz CT molecular complexity index is 797. The molecule has 1 saturated heterocycles. The summed E-state index contributed by atoms with van der Waals surface area (Å²) >= 11 is 1.23. The Balaban J connectivity index is 1.58. The molecule has 1 fully saturated rings. The molecule has 1 aromatic heterocycles. The number of aryl methyl sites for hydroxylation is 1. The molecule has 24 heavy (non-hydrogen) atoms. The number of nitrogens with one attached hydrogen (secondary N) is 1. The molecule has 0 aliphatic carbocycles. The maximum absolute atomic E-state index is 12.2. The molecule has 0 spiro atoms. The molecule has 2 heterocycles. The molecule has 0 unspecified atom stereocenters. The first-order valence-corrected chi connectivity index (χ1v) is 10.2. The van der Waals surface area contributed by atoms with Crippen molar-refractivity contribution in [1.29, 1.82) is 0 Å². The fourth-order valence-electron chi connectivity index (χ4n) is 2.60. The quantitative estimate of drug-likeness (QED) is 0.853. The maximum atomic E-state index is 12.2. The number of carbonyl (C=O) groups is 1. The zero-order valence-corrected chi connectivity index (χ0v) is 14.8. The fourth-order valence-corrected chi connectivity index (χ4v) is 4.62. The molecule has 1 aliphatic rings. The lowest BCUT2D eigenvalue weighted by Crippen LogP contribution is -2.27. The molecule has 6 nitrogen and oxygen atoms in total. The number of hydrogen-bond acceptors (Lipinski definition) is 5. The van der Waals surface area contributed by atoms with Gasteiger partial charge in [-0.05, 0) is 31.4 Å². The highest BCUT2D eigenvalue weighted by atomic mass is 32.2. The summed E-state index contributed by atoms with van der Waals surface area (Å²) in [6.07, 6.45) is 3.09. The summed E-state index contributed by atoms with van der Waals surface area (Å²) in [5.41, 5.74) is 0.735. The fraction of sp³-hybridized carbons (Fsp3) is 0.375. The Hall–Kier alpha value is -1.93. The van der Waals surface area contributed by atoms with E-state index < -0.39 is 10.0 Å². The average molecular weight is 365 g/mol. The summed E-state index contributed by atoms with van der Waals surface area (Å²) in [6.45, 7) is 1.69. The number of sulfonamides is 1. The Kier molecular flexibility index (Phi) is 5.15. The largest absolute Gasteiger partial charge is 0.343 e. The van der Waals surface area contributed by atoms with Crippen LogP contribution in [0.5, 0.6) is 0 Å². The van der Waals surface area contributed by atoms with Crippen molar-refractivity contribution in [2.75, 3.05) is 17.8 Å². The van der Waals surface area contributed by atoms with Gasteiger partial charge in [0.25, 0.3) is 10.0 Å². The van der Waals surface area contributed by atoms with Crippen LogP contribution in [-0.2, 0) is 21.2 Å². The molecule has 1 amide bonds. The molecule has 1 aromatic carbocycles. The van der Waals surface area contributed by atoms with Crippen LogP contribution >= 0.6 is 11.3 Å². The molecule has 0 bridgehead atoms. The number of anilines is 1. The van der Waals surface area contributed by atoms with Crippen LogP contribution < -0.4 is 4.72 Å². The first kappa shape index (κ1) is 16.9. The number of carbonyl (C=O) groups excluding carboxylic acids is 1. The van der Waals surface area contributed by atoms with E-state index in [0.717, 1.165) is 31.6 Å². The van der Waals surface area contributed by atoms with E-state index in [0.29, 0.717) is 18.0 Å². The van der Waals surface area contributed by atoms with Crippen LogP contribution in [0.2, 0.25) is 0 Å². The lowest BCUT2D eigenvalue weighted by Gasteiger charge is -2.14. The molecular formula is C16H19N3O3S2. The van der Waals surface area contributed by atoms with Gasteiger partial charge in [0.1, 0.15) is 0 Å². The van der Waals surface area contributed by atoms with Gasteiger partial charge in [0, 0.05) is 24.9 Å². The molecular weight excluding hydrogens is 346 g/mol. The van der Waals surface area contributed by atoms with E-state index in [2.05, 4.69) is 9.71 Å². The van der Waals surface area contributed by atoms with Crippen LogP contribution in [0, 0.1) is 0 Å². The van der Waals surface area contributed by atoms with Gasteiger partial charge in [-0.3, -0.25) is 9.52 Å². The third kappa shape index (κ3) is 4.12. The van der Waals surface area contributed by atoms with Gasteiger partial charge in [0.05, 0.1) is 10.6 Å². The van der Waals surface area contributed by atoms with Crippen LogP contribution in [0.4, 0.5) is 5.13 Å². The SMILES string of the molecule is O=C(CCc1csc(NS(=O)(=O)c2ccccc2)n1)N1CCCC1. The third-order valence-electron chi connectivity index (χ3n) is 3.88. The monoisotopic (exact) mass is 365 g/mol. The van der Waals surface area contributed by atoms with Crippen LogP contribution in [0.25, 0.3) is 0 Å². The minimum Gasteiger partial charge on any atom is -0.343 e. The molecule has 2 aromatic rings. The van der Waals surface area contributed by atoms with Crippen molar-refractivity contribution in [3.63, 3.8) is 0 Å². The number of amides is 1. The third-order valence-corrected chi connectivity index (χ3v) is 6.17. The summed E-state index contributed by atoms with van der Waals surface area (Å²) in [4.78, 5) is 18.4. The molecule has 128 valence electrons. The Morgan fingerprint density at radius 3 is 2.62 bits per heavy atom. The van der Waals surface area contributed by atoms with Crippen LogP contribution in [0.3, 0.4) is 0 Å². The summed E-state index contributed by atoms with van der Waals surface area (Å²) in [6, 6.07) is 8.17. The Labute approximate surface area is 145 Å². The van der Waals surface area contributed by atoms with Gasteiger partial charge in [-0.25, -0.2) is 13.4 Å². The molecule has 3 rings (SSSR count). The van der Waals surface area contributed by atoms with E-state index in [1.807, 2.05) is 4.90 Å². The molecule has 1 aliphatic heterocycles. The second-order valence-electron chi connectivity index (χ2n) is 5.65. The number of thiazole rings is 1. The van der Waals surface area contributed by atoms with Crippen LogP contribution in [-0.4, -0.2) is 37.3 Å². The summed E-state index contributed by atoms with van der Waals surface area (Å²) in [5, 5.41) is 2.11. The lowest BCUT2D eigenvalue weighted by molar-refractivity contribution is -0.130. The number of nitrogens with zero attached hydrogens (tertiary/aromatic N) is 2. The number of benzene rings is 1. The highest BCUT2D eigenvalue weighted by Crippen LogP contribution is 2.21. The maximum Gasteiger partial charge on any atom is 0.263 e. The van der Waals surface area contributed by atoms with Gasteiger partial charge >= 0.3 is 0 Å². The second kappa shape index (κ2) is 7.31. The van der Waals surface area contributed by atoms with E-state index in [-0.39, 0.29) is 10.8 Å². The zero-order valence-electron chi connectivity index (χ0n) is 13.1. The van der Waals surface area contributed by atoms with Gasteiger partial charge in [0.15, 0.2) is 5.13 Å². The first-order valence-electron chi connectivity index (χ1n) is 7.85. The van der Waals surface area contributed by atoms with Crippen molar-refractivity contribution < 1.29 is 13.2 Å². The van der Waals surface area contributed by atoms with Gasteiger partial charge in [-0.1, -0.05) is 18.2 Å². The van der Waals surface area contributed by atoms with Crippen molar-refractivity contribution >= 4 is 32.4 Å². The second-order valence-corrected chi connectivity index (χ2v) is 8.19. The summed E-state index contributed by atoms with van der Waals surface area (Å²) in [7, 11) is -3.62. The average Bonchev–Trinajstić information content (AvgIpc) is 3.25. The van der Waals surface area contributed by atoms with Gasteiger partial charge < -0.3 is 4.90 Å². The van der Waals surface area contributed by atoms with E-state index in [9.17, 15) is 13.2 Å². The number of likely N-dealkylation sites (tertiary alicyclic amines) is 1. The van der Waals surface area contributed by atoms with Gasteiger partial charge in [-0.15, -0.1) is 11.3 Å². The van der Waals surface area contributed by atoms with E-state index in [1.54, 1.807) is 23.6 Å². The number of rotatable bonds is 6. The minimum absolute atomic E-state index is 0.145. The lowest BCUT2D eigenvalue weighted by atomic mass is 10.2. The van der Waals surface area contributed by atoms with Gasteiger partial charge in [0.2, 0.25) is 5.91 Å². The van der Waals surface area contributed by atoms with Crippen molar-refractivity contribution in [3.05, 3.63) is 41.4 Å². The predicted octanol–water partition coefficient (Wildman–Crippen LogP) is 2.50. The zero-order chi connectivity index (χ0) is 17.0. The van der Waals surface area contributed by atoms with Crippen molar-refractivity contribution in [2.24, 2.45) is 0 Å². The van der Waals surface area contributed by atoms with Crippen molar-refractivity contribution in [1.82, 2.24) is 9.88 Å². The smallest absolute Gasteiger partial charge is 0.263 e. The summed E-state index contributed by atoms with van der Waals surface area (Å²) in [5.74, 6) is 0.145. The van der Waals surface area contributed by atoms with E-state index in [1.165, 1.54) is 23.5 Å². The first-order chi connectivity index (χ1) is 11.5. The molecule has 0 radical (unpaired) electrons. The van der Waals surface area contributed by atoms with Crippen LogP contribution in [0.1, 0.15) is 25.0 Å². The molecule has 8 heteroatoms. The standard InChI is InChI=1S/C16H19N3O3S2/c20-15(19-10-4-5-11-19)9-8-13-12-23-16(17-13)18-24(21,22)14-6-2-1-3-7-14/h1-3,6-7,12H,4-5,8-11H2,(H,17,18). The number of hydrogen-bond donors (Lipinski definition) is 1. The molecule has 0 atom stereocenters. The van der Waals surface area contributed by atoms with Crippen molar-refractivity contribution in [2.45, 2.75) is 30.6 Å². The molecule has 1 N–H and O–H groups in total.